The van der Waals surface area contributed by atoms with Crippen molar-refractivity contribution in [3.63, 3.8) is 0 Å². The third-order valence-electron chi connectivity index (χ3n) is 4.26. The highest BCUT2D eigenvalue weighted by atomic mass is 35.5. The quantitative estimate of drug-likeness (QED) is 0.856. The number of carbonyl (C=O) groups is 1. The smallest absolute Gasteiger partial charge is 0.167 e. The SMILES string of the molecule is O=C(Cc1ccc(C2CCCNC2)cc1)c1cccc(Cl)c1. The highest BCUT2D eigenvalue weighted by molar-refractivity contribution is 6.31. The van der Waals surface area contributed by atoms with Crippen molar-refractivity contribution < 1.29 is 4.79 Å². The molecule has 0 amide bonds. The van der Waals surface area contributed by atoms with Gasteiger partial charge < -0.3 is 5.32 Å². The molecule has 1 unspecified atom stereocenters. The molecule has 2 aromatic rings. The molecule has 1 fully saturated rings. The molecule has 1 aliphatic heterocycles. The van der Waals surface area contributed by atoms with E-state index in [9.17, 15) is 4.79 Å². The largest absolute Gasteiger partial charge is 0.316 e. The molecule has 0 aromatic heterocycles. The number of Topliss-reactive ketones (excluding diaryl/α,β-unsaturated/α-hetero) is 1. The number of piperidine rings is 1. The zero-order valence-electron chi connectivity index (χ0n) is 12.5. The first kappa shape index (κ1) is 15.3. The zero-order chi connectivity index (χ0) is 15.4. The molecule has 0 aliphatic carbocycles. The summed E-state index contributed by atoms with van der Waals surface area (Å²) in [6.07, 6.45) is 2.90. The van der Waals surface area contributed by atoms with Crippen LogP contribution in [0.1, 0.15) is 40.2 Å². The maximum absolute atomic E-state index is 12.3. The molecule has 114 valence electrons. The summed E-state index contributed by atoms with van der Waals surface area (Å²) in [7, 11) is 0. The number of hydrogen-bond acceptors (Lipinski definition) is 2. The summed E-state index contributed by atoms with van der Waals surface area (Å²) in [6, 6.07) is 15.6. The Morgan fingerprint density at radius 2 is 2.00 bits per heavy atom. The number of benzene rings is 2. The molecule has 3 heteroatoms. The Balaban J connectivity index is 1.66. The van der Waals surface area contributed by atoms with Crippen LogP contribution in [-0.2, 0) is 6.42 Å². The maximum atomic E-state index is 12.3. The minimum Gasteiger partial charge on any atom is -0.316 e. The first-order valence-electron chi connectivity index (χ1n) is 7.81. The second-order valence-corrected chi connectivity index (χ2v) is 6.33. The van der Waals surface area contributed by atoms with Gasteiger partial charge in [-0.2, -0.15) is 0 Å². The molecular weight excluding hydrogens is 294 g/mol. The normalized spacial score (nSPS) is 18.1. The van der Waals surface area contributed by atoms with Crippen LogP contribution in [0.4, 0.5) is 0 Å². The number of nitrogens with one attached hydrogen (secondary N) is 1. The van der Waals surface area contributed by atoms with Crippen LogP contribution in [0.2, 0.25) is 5.02 Å². The highest BCUT2D eigenvalue weighted by Crippen LogP contribution is 2.23. The van der Waals surface area contributed by atoms with Crippen molar-refractivity contribution in [2.24, 2.45) is 0 Å². The van der Waals surface area contributed by atoms with Gasteiger partial charge in [0, 0.05) is 23.6 Å². The molecule has 1 heterocycles. The standard InChI is InChI=1S/C19H20ClNO/c20-18-5-1-3-16(12-18)19(22)11-14-6-8-15(9-7-14)17-4-2-10-21-13-17/h1,3,5-9,12,17,21H,2,4,10-11,13H2. The van der Waals surface area contributed by atoms with Gasteiger partial charge in [-0.1, -0.05) is 48.0 Å². The fourth-order valence-corrected chi connectivity index (χ4v) is 3.18. The summed E-state index contributed by atoms with van der Waals surface area (Å²) >= 11 is 5.94. The van der Waals surface area contributed by atoms with Crippen LogP contribution < -0.4 is 5.32 Å². The minimum atomic E-state index is 0.106. The first-order valence-corrected chi connectivity index (χ1v) is 8.18. The Morgan fingerprint density at radius 3 is 2.68 bits per heavy atom. The lowest BCUT2D eigenvalue weighted by Crippen LogP contribution is -2.28. The number of ketones is 1. The molecule has 0 radical (unpaired) electrons. The molecule has 22 heavy (non-hydrogen) atoms. The van der Waals surface area contributed by atoms with Crippen LogP contribution in [-0.4, -0.2) is 18.9 Å². The van der Waals surface area contributed by atoms with E-state index in [2.05, 4.69) is 29.6 Å². The van der Waals surface area contributed by atoms with Crippen molar-refractivity contribution in [3.05, 3.63) is 70.2 Å². The van der Waals surface area contributed by atoms with E-state index in [1.807, 2.05) is 12.1 Å². The molecule has 1 saturated heterocycles. The van der Waals surface area contributed by atoms with Crippen molar-refractivity contribution in [1.82, 2.24) is 5.32 Å². The predicted octanol–water partition coefficient (Wildman–Crippen LogP) is 4.23. The molecule has 1 aliphatic rings. The second-order valence-electron chi connectivity index (χ2n) is 5.90. The number of carbonyl (C=O) groups excluding carboxylic acids is 1. The Kier molecular flexibility index (Phi) is 4.91. The predicted molar refractivity (Wildman–Crippen MR) is 90.8 cm³/mol. The summed E-state index contributed by atoms with van der Waals surface area (Å²) < 4.78 is 0. The van der Waals surface area contributed by atoms with E-state index in [-0.39, 0.29) is 5.78 Å². The fourth-order valence-electron chi connectivity index (χ4n) is 2.99. The number of rotatable bonds is 4. The molecule has 1 atom stereocenters. The second kappa shape index (κ2) is 7.08. The van der Waals surface area contributed by atoms with Crippen molar-refractivity contribution in [1.29, 1.82) is 0 Å². The molecule has 1 N–H and O–H groups in total. The number of halogens is 1. The Labute approximate surface area is 136 Å². The van der Waals surface area contributed by atoms with Gasteiger partial charge in [-0.15, -0.1) is 0 Å². The monoisotopic (exact) mass is 313 g/mol. The van der Waals surface area contributed by atoms with E-state index in [1.54, 1.807) is 12.1 Å². The topological polar surface area (TPSA) is 29.1 Å². The van der Waals surface area contributed by atoms with Crippen LogP contribution in [0.15, 0.2) is 48.5 Å². The summed E-state index contributed by atoms with van der Waals surface area (Å²) in [5, 5.41) is 4.04. The fraction of sp³-hybridized carbons (Fsp3) is 0.316. The lowest BCUT2D eigenvalue weighted by Gasteiger charge is -2.23. The summed E-state index contributed by atoms with van der Waals surface area (Å²) in [5.74, 6) is 0.709. The van der Waals surface area contributed by atoms with E-state index in [0.29, 0.717) is 22.9 Å². The van der Waals surface area contributed by atoms with Gasteiger partial charge in [-0.05, 0) is 48.6 Å². The van der Waals surface area contributed by atoms with Crippen molar-refractivity contribution >= 4 is 17.4 Å². The van der Waals surface area contributed by atoms with E-state index in [4.69, 9.17) is 11.6 Å². The third-order valence-corrected chi connectivity index (χ3v) is 4.49. The molecule has 2 nitrogen and oxygen atoms in total. The lowest BCUT2D eigenvalue weighted by molar-refractivity contribution is 0.0993. The van der Waals surface area contributed by atoms with Crippen molar-refractivity contribution in [2.75, 3.05) is 13.1 Å². The Morgan fingerprint density at radius 1 is 1.18 bits per heavy atom. The van der Waals surface area contributed by atoms with Crippen LogP contribution in [0, 0.1) is 0 Å². The summed E-state index contributed by atoms with van der Waals surface area (Å²) in [4.78, 5) is 12.3. The minimum absolute atomic E-state index is 0.106. The van der Waals surface area contributed by atoms with Gasteiger partial charge in [0.2, 0.25) is 0 Å². The van der Waals surface area contributed by atoms with Crippen molar-refractivity contribution in [3.8, 4) is 0 Å². The Bertz CT molecular complexity index is 645. The molecule has 2 aromatic carbocycles. The van der Waals surface area contributed by atoms with Gasteiger partial charge in [0.25, 0.3) is 0 Å². The van der Waals surface area contributed by atoms with E-state index in [0.717, 1.165) is 18.7 Å². The maximum Gasteiger partial charge on any atom is 0.167 e. The van der Waals surface area contributed by atoms with Crippen LogP contribution in [0.5, 0.6) is 0 Å². The molecule has 0 bridgehead atoms. The highest BCUT2D eigenvalue weighted by Gasteiger charge is 2.15. The molecule has 0 saturated carbocycles. The average Bonchev–Trinajstić information content (AvgIpc) is 2.56. The van der Waals surface area contributed by atoms with Gasteiger partial charge in [0.15, 0.2) is 5.78 Å². The van der Waals surface area contributed by atoms with Crippen LogP contribution in [0.3, 0.4) is 0 Å². The summed E-state index contributed by atoms with van der Waals surface area (Å²) in [6.45, 7) is 2.18. The third kappa shape index (κ3) is 3.76. The molecule has 0 spiro atoms. The van der Waals surface area contributed by atoms with E-state index in [1.165, 1.54) is 18.4 Å². The van der Waals surface area contributed by atoms with Gasteiger partial charge in [0.05, 0.1) is 0 Å². The van der Waals surface area contributed by atoms with Gasteiger partial charge >= 0.3 is 0 Å². The average molecular weight is 314 g/mol. The van der Waals surface area contributed by atoms with Gasteiger partial charge in [-0.3, -0.25) is 4.79 Å². The van der Waals surface area contributed by atoms with E-state index < -0.39 is 0 Å². The Hall–Kier alpha value is -1.64. The van der Waals surface area contributed by atoms with Crippen LogP contribution in [0.25, 0.3) is 0 Å². The summed E-state index contributed by atoms with van der Waals surface area (Å²) in [5.41, 5.74) is 3.09. The molecular formula is C19H20ClNO. The van der Waals surface area contributed by atoms with Crippen molar-refractivity contribution in [2.45, 2.75) is 25.2 Å². The first-order chi connectivity index (χ1) is 10.7. The number of hydrogen-bond donors (Lipinski definition) is 1. The lowest BCUT2D eigenvalue weighted by atomic mass is 9.90. The van der Waals surface area contributed by atoms with Gasteiger partial charge in [0.1, 0.15) is 0 Å². The zero-order valence-corrected chi connectivity index (χ0v) is 13.3. The van der Waals surface area contributed by atoms with Gasteiger partial charge in [-0.25, -0.2) is 0 Å². The van der Waals surface area contributed by atoms with E-state index >= 15 is 0 Å². The van der Waals surface area contributed by atoms with Crippen LogP contribution >= 0.6 is 11.6 Å². The molecule has 3 rings (SSSR count).